The van der Waals surface area contributed by atoms with E-state index in [4.69, 9.17) is 9.84 Å². The second kappa shape index (κ2) is 6.26. The molecule has 21 heavy (non-hydrogen) atoms. The molecule has 1 fully saturated rings. The van der Waals surface area contributed by atoms with Crippen LogP contribution in [0.1, 0.15) is 34.3 Å². The number of carboxylic acid groups (broad SMARTS) is 1. The largest absolute Gasteiger partial charge is 0.481 e. The van der Waals surface area contributed by atoms with E-state index < -0.39 is 5.97 Å². The van der Waals surface area contributed by atoms with Crippen LogP contribution in [0.5, 0.6) is 0 Å². The smallest absolute Gasteiger partial charge is 0.305 e. The normalized spacial score (nSPS) is 21.6. The minimum atomic E-state index is -0.894. The third kappa shape index (κ3) is 3.61. The molecule has 114 valence electrons. The summed E-state index contributed by atoms with van der Waals surface area (Å²) in [5.41, 5.74) is 2.66. The maximum atomic E-state index is 12.7. The molecule has 1 N–H and O–H groups in total. The van der Waals surface area contributed by atoms with Gasteiger partial charge in [-0.2, -0.15) is 0 Å². The molecule has 0 saturated carbocycles. The molecule has 2 atom stereocenters. The molecule has 1 heterocycles. The number of methoxy groups -OCH3 is 1. The van der Waals surface area contributed by atoms with E-state index in [0.717, 1.165) is 11.1 Å². The quantitative estimate of drug-likeness (QED) is 0.921. The molecule has 1 aliphatic rings. The minimum Gasteiger partial charge on any atom is -0.481 e. The molecule has 0 aromatic heterocycles. The van der Waals surface area contributed by atoms with E-state index in [2.05, 4.69) is 0 Å². The zero-order chi connectivity index (χ0) is 15.6. The Bertz CT molecular complexity index is 535. The number of nitrogens with zero attached hydrogens (tertiary/aromatic N) is 1. The first-order chi connectivity index (χ1) is 9.90. The van der Waals surface area contributed by atoms with Gasteiger partial charge in [-0.3, -0.25) is 9.59 Å². The Balaban J connectivity index is 2.24. The topological polar surface area (TPSA) is 66.8 Å². The zero-order valence-corrected chi connectivity index (χ0v) is 12.6. The summed E-state index contributed by atoms with van der Waals surface area (Å²) >= 11 is 0. The molecule has 2 unspecified atom stereocenters. The van der Waals surface area contributed by atoms with Gasteiger partial charge < -0.3 is 14.7 Å². The van der Waals surface area contributed by atoms with Gasteiger partial charge in [0.1, 0.15) is 0 Å². The van der Waals surface area contributed by atoms with E-state index >= 15 is 0 Å². The first-order valence-corrected chi connectivity index (χ1v) is 7.04. The number of amides is 1. The van der Waals surface area contributed by atoms with E-state index in [1.807, 2.05) is 32.0 Å². The number of hydrogen-bond donors (Lipinski definition) is 1. The summed E-state index contributed by atoms with van der Waals surface area (Å²) in [4.78, 5) is 25.3. The molecule has 0 bridgehead atoms. The predicted octanol–water partition coefficient (Wildman–Crippen LogP) is 2.01. The standard InChI is InChI=1S/C16H21NO4/c1-10-4-11(2)6-12(5-10)16(20)17-9-14(21-3)7-13(17)8-15(18)19/h4-6,13-14H,7-9H2,1-3H3,(H,18,19). The fraction of sp³-hybridized carbons (Fsp3) is 0.500. The van der Waals surface area contributed by atoms with E-state index in [1.165, 1.54) is 0 Å². The number of carboxylic acids is 1. The van der Waals surface area contributed by atoms with Crippen molar-refractivity contribution in [1.29, 1.82) is 0 Å². The van der Waals surface area contributed by atoms with E-state index in [1.54, 1.807) is 12.0 Å². The van der Waals surface area contributed by atoms with Crippen LogP contribution < -0.4 is 0 Å². The monoisotopic (exact) mass is 291 g/mol. The van der Waals surface area contributed by atoms with Crippen LogP contribution in [0.2, 0.25) is 0 Å². The first kappa shape index (κ1) is 15.5. The lowest BCUT2D eigenvalue weighted by atomic mass is 10.1. The van der Waals surface area contributed by atoms with E-state index in [0.29, 0.717) is 18.5 Å². The highest BCUT2D eigenvalue weighted by molar-refractivity contribution is 5.95. The van der Waals surface area contributed by atoms with Crippen molar-refractivity contribution in [1.82, 2.24) is 4.90 Å². The van der Waals surface area contributed by atoms with Crippen molar-refractivity contribution in [3.63, 3.8) is 0 Å². The molecule has 0 spiro atoms. The summed E-state index contributed by atoms with van der Waals surface area (Å²) < 4.78 is 5.30. The molecule has 5 nitrogen and oxygen atoms in total. The Labute approximate surface area is 124 Å². The van der Waals surface area contributed by atoms with Crippen LogP contribution in [-0.2, 0) is 9.53 Å². The molecular weight excluding hydrogens is 270 g/mol. The van der Waals surface area contributed by atoms with Gasteiger partial charge in [-0.15, -0.1) is 0 Å². The Morgan fingerprint density at radius 3 is 2.43 bits per heavy atom. The first-order valence-electron chi connectivity index (χ1n) is 7.04. The average Bonchev–Trinajstić information content (AvgIpc) is 2.79. The lowest BCUT2D eigenvalue weighted by molar-refractivity contribution is -0.137. The summed E-state index contributed by atoms with van der Waals surface area (Å²) in [5, 5.41) is 9.01. The average molecular weight is 291 g/mol. The van der Waals surface area contributed by atoms with E-state index in [9.17, 15) is 9.59 Å². The van der Waals surface area contributed by atoms with Gasteiger partial charge in [0.25, 0.3) is 5.91 Å². The van der Waals surface area contributed by atoms with Crippen LogP contribution in [0.4, 0.5) is 0 Å². The highest BCUT2D eigenvalue weighted by atomic mass is 16.5. The predicted molar refractivity (Wildman–Crippen MR) is 78.4 cm³/mol. The summed E-state index contributed by atoms with van der Waals surface area (Å²) in [6, 6.07) is 5.38. The summed E-state index contributed by atoms with van der Waals surface area (Å²) in [5.74, 6) is -1.01. The van der Waals surface area contributed by atoms with Gasteiger partial charge in [-0.25, -0.2) is 0 Å². The summed E-state index contributed by atoms with van der Waals surface area (Å²) in [6.07, 6.45) is 0.430. The molecule has 1 amide bonds. The fourth-order valence-electron chi connectivity index (χ4n) is 2.95. The van der Waals surface area contributed by atoms with Crippen molar-refractivity contribution in [2.75, 3.05) is 13.7 Å². The van der Waals surface area contributed by atoms with Gasteiger partial charge in [0.2, 0.25) is 0 Å². The molecule has 1 saturated heterocycles. The van der Waals surface area contributed by atoms with Crippen molar-refractivity contribution in [3.8, 4) is 0 Å². The molecule has 1 aromatic rings. The van der Waals surface area contributed by atoms with E-state index in [-0.39, 0.29) is 24.5 Å². The Kier molecular flexibility index (Phi) is 4.63. The van der Waals surface area contributed by atoms with Gasteiger partial charge in [0, 0.05) is 25.3 Å². The Morgan fingerprint density at radius 2 is 1.90 bits per heavy atom. The second-order valence-corrected chi connectivity index (χ2v) is 5.68. The Hall–Kier alpha value is -1.88. The zero-order valence-electron chi connectivity index (χ0n) is 12.6. The fourth-order valence-corrected chi connectivity index (χ4v) is 2.95. The van der Waals surface area contributed by atoms with Crippen LogP contribution in [0.25, 0.3) is 0 Å². The number of hydrogen-bond acceptors (Lipinski definition) is 3. The SMILES string of the molecule is COC1CC(CC(=O)O)N(C(=O)c2cc(C)cc(C)c2)C1. The molecule has 1 aromatic carbocycles. The number of benzene rings is 1. The number of carbonyl (C=O) groups is 2. The molecule has 1 aliphatic heterocycles. The second-order valence-electron chi connectivity index (χ2n) is 5.68. The van der Waals surface area contributed by atoms with Crippen molar-refractivity contribution < 1.29 is 19.4 Å². The summed E-state index contributed by atoms with van der Waals surface area (Å²) in [7, 11) is 1.59. The number of likely N-dealkylation sites (tertiary alicyclic amines) is 1. The highest BCUT2D eigenvalue weighted by Crippen LogP contribution is 2.25. The number of aryl methyl sites for hydroxylation is 2. The number of ether oxygens (including phenoxy) is 1. The lowest BCUT2D eigenvalue weighted by Crippen LogP contribution is -2.37. The summed E-state index contributed by atoms with van der Waals surface area (Å²) in [6.45, 7) is 4.33. The molecule has 0 radical (unpaired) electrons. The Morgan fingerprint density at radius 1 is 1.29 bits per heavy atom. The van der Waals surface area contributed by atoms with Crippen LogP contribution in [0.15, 0.2) is 18.2 Å². The molecule has 5 heteroatoms. The molecule has 0 aliphatic carbocycles. The number of rotatable bonds is 4. The third-order valence-corrected chi connectivity index (χ3v) is 3.85. The van der Waals surface area contributed by atoms with Crippen molar-refractivity contribution in [3.05, 3.63) is 34.9 Å². The van der Waals surface area contributed by atoms with Gasteiger partial charge >= 0.3 is 5.97 Å². The van der Waals surface area contributed by atoms with Crippen molar-refractivity contribution >= 4 is 11.9 Å². The third-order valence-electron chi connectivity index (χ3n) is 3.85. The van der Waals surface area contributed by atoms with Crippen LogP contribution in [0.3, 0.4) is 0 Å². The van der Waals surface area contributed by atoms with Crippen molar-refractivity contribution in [2.45, 2.75) is 38.8 Å². The van der Waals surface area contributed by atoms with Crippen molar-refractivity contribution in [2.24, 2.45) is 0 Å². The maximum absolute atomic E-state index is 12.7. The number of carbonyl (C=O) groups excluding carboxylic acids is 1. The van der Waals surface area contributed by atoms with Crippen LogP contribution in [-0.4, -0.2) is 47.7 Å². The molecular formula is C16H21NO4. The minimum absolute atomic E-state index is 0.0452. The molecule has 2 rings (SSSR count). The van der Waals surface area contributed by atoms with Gasteiger partial charge in [-0.1, -0.05) is 17.2 Å². The maximum Gasteiger partial charge on any atom is 0.305 e. The lowest BCUT2D eigenvalue weighted by Gasteiger charge is -2.23. The van der Waals surface area contributed by atoms with Gasteiger partial charge in [0.15, 0.2) is 0 Å². The van der Waals surface area contributed by atoms with Gasteiger partial charge in [0.05, 0.1) is 12.5 Å². The van der Waals surface area contributed by atoms with Crippen LogP contribution >= 0.6 is 0 Å². The highest BCUT2D eigenvalue weighted by Gasteiger charge is 2.36. The van der Waals surface area contributed by atoms with Gasteiger partial charge in [-0.05, 0) is 32.4 Å². The van der Waals surface area contributed by atoms with Crippen LogP contribution in [0, 0.1) is 13.8 Å². The number of aliphatic carboxylic acids is 1.